The van der Waals surface area contributed by atoms with Gasteiger partial charge in [-0.25, -0.2) is 9.37 Å². The molecule has 3 aromatic rings. The number of aliphatic hydroxyl groups excluding tert-OH is 1. The lowest BCUT2D eigenvalue weighted by molar-refractivity contribution is -0.118. The second-order valence-corrected chi connectivity index (χ2v) is 6.72. The Hall–Kier alpha value is -3.06. The van der Waals surface area contributed by atoms with Gasteiger partial charge in [-0.1, -0.05) is 12.1 Å². The number of aliphatic hydroxyl groups is 1. The number of nitrogens with one attached hydrogen (secondary N) is 2. The van der Waals surface area contributed by atoms with E-state index < -0.39 is 11.9 Å². The van der Waals surface area contributed by atoms with Crippen molar-refractivity contribution in [3.63, 3.8) is 0 Å². The molecule has 1 aliphatic rings. The summed E-state index contributed by atoms with van der Waals surface area (Å²) in [5.41, 5.74) is 1.83. The summed E-state index contributed by atoms with van der Waals surface area (Å²) in [5, 5.41) is 20.0. The number of benzene rings is 2. The van der Waals surface area contributed by atoms with Gasteiger partial charge < -0.3 is 10.4 Å². The number of carbonyl (C=O) groups excluding carboxylic acids is 1. The van der Waals surface area contributed by atoms with Crippen LogP contribution in [0.5, 0.6) is 0 Å². The van der Waals surface area contributed by atoms with Crippen LogP contribution < -0.4 is 5.32 Å². The van der Waals surface area contributed by atoms with Gasteiger partial charge >= 0.3 is 0 Å². The van der Waals surface area contributed by atoms with Gasteiger partial charge in [-0.3, -0.25) is 9.89 Å². The molecule has 1 unspecified atom stereocenters. The third-order valence-electron chi connectivity index (χ3n) is 4.51. The van der Waals surface area contributed by atoms with Gasteiger partial charge in [0.05, 0.1) is 12.5 Å². The fourth-order valence-electron chi connectivity index (χ4n) is 2.86. The van der Waals surface area contributed by atoms with Crippen LogP contribution in [0.3, 0.4) is 0 Å². The molecule has 0 aliphatic heterocycles. The number of nitrogens with zero attached hydrogens (tertiary/aromatic N) is 2. The Morgan fingerprint density at radius 1 is 1.26 bits per heavy atom. The fraction of sp³-hybridized carbons (Fsp3) is 0.250. The Morgan fingerprint density at radius 3 is 2.74 bits per heavy atom. The van der Waals surface area contributed by atoms with E-state index in [0.717, 1.165) is 24.2 Å². The predicted octanol–water partition coefficient (Wildman–Crippen LogP) is 3.55. The van der Waals surface area contributed by atoms with E-state index in [-0.39, 0.29) is 12.3 Å². The predicted molar refractivity (Wildman–Crippen MR) is 98.4 cm³/mol. The molecule has 1 heterocycles. The number of H-pyrrole nitrogens is 1. The van der Waals surface area contributed by atoms with Crippen LogP contribution in [0.2, 0.25) is 0 Å². The average Bonchev–Trinajstić information content (AvgIpc) is 3.39. The molecule has 1 saturated carbocycles. The molecule has 0 spiro atoms. The van der Waals surface area contributed by atoms with Gasteiger partial charge in [0.15, 0.2) is 5.82 Å². The zero-order valence-corrected chi connectivity index (χ0v) is 14.5. The van der Waals surface area contributed by atoms with Crippen LogP contribution in [0.25, 0.3) is 11.4 Å². The Bertz CT molecular complexity index is 951. The van der Waals surface area contributed by atoms with Gasteiger partial charge in [-0.05, 0) is 54.8 Å². The van der Waals surface area contributed by atoms with Crippen LogP contribution in [0.1, 0.15) is 42.7 Å². The number of hydrogen-bond donors (Lipinski definition) is 3. The van der Waals surface area contributed by atoms with Crippen LogP contribution >= 0.6 is 0 Å². The molecule has 0 radical (unpaired) electrons. The zero-order valence-electron chi connectivity index (χ0n) is 14.5. The summed E-state index contributed by atoms with van der Waals surface area (Å²) in [7, 11) is 0. The maximum absolute atomic E-state index is 13.2. The number of carbonyl (C=O) groups is 1. The van der Waals surface area contributed by atoms with E-state index in [1.54, 1.807) is 18.2 Å². The first-order valence-electron chi connectivity index (χ1n) is 8.84. The number of amides is 1. The van der Waals surface area contributed by atoms with Gasteiger partial charge in [-0.2, -0.15) is 5.10 Å². The topological polar surface area (TPSA) is 90.9 Å². The number of anilines is 1. The molecule has 2 aromatic carbocycles. The molecule has 27 heavy (non-hydrogen) atoms. The lowest BCUT2D eigenvalue weighted by atomic mass is 10.1. The first-order valence-corrected chi connectivity index (χ1v) is 8.84. The Kier molecular flexibility index (Phi) is 4.68. The third kappa shape index (κ3) is 4.20. The summed E-state index contributed by atoms with van der Waals surface area (Å²) >= 11 is 0. The van der Waals surface area contributed by atoms with Crippen molar-refractivity contribution in [1.82, 2.24) is 15.2 Å². The second-order valence-electron chi connectivity index (χ2n) is 6.72. The zero-order chi connectivity index (χ0) is 18.8. The summed E-state index contributed by atoms with van der Waals surface area (Å²) in [6, 6.07) is 12.8. The summed E-state index contributed by atoms with van der Waals surface area (Å²) in [5.74, 6) is 1.27. The van der Waals surface area contributed by atoms with Crippen molar-refractivity contribution in [2.75, 3.05) is 5.32 Å². The van der Waals surface area contributed by atoms with Crippen molar-refractivity contribution >= 4 is 11.6 Å². The number of hydrogen-bond acceptors (Lipinski definition) is 4. The lowest BCUT2D eigenvalue weighted by Gasteiger charge is -2.11. The molecule has 1 aliphatic carbocycles. The van der Waals surface area contributed by atoms with E-state index in [1.807, 2.05) is 12.1 Å². The molecule has 138 valence electrons. The van der Waals surface area contributed by atoms with Gasteiger partial charge in [0.1, 0.15) is 11.6 Å². The monoisotopic (exact) mass is 366 g/mol. The molecule has 0 saturated heterocycles. The summed E-state index contributed by atoms with van der Waals surface area (Å²) in [6.07, 6.45) is 1.09. The number of aromatic nitrogens is 3. The van der Waals surface area contributed by atoms with Crippen LogP contribution in [-0.4, -0.2) is 26.2 Å². The molecule has 1 atom stereocenters. The first kappa shape index (κ1) is 17.4. The normalized spacial score (nSPS) is 14.7. The molecule has 1 fully saturated rings. The Morgan fingerprint density at radius 2 is 2.04 bits per heavy atom. The van der Waals surface area contributed by atoms with Gasteiger partial charge in [0, 0.05) is 17.2 Å². The van der Waals surface area contributed by atoms with Crippen LogP contribution in [0.15, 0.2) is 48.5 Å². The highest BCUT2D eigenvalue weighted by molar-refractivity contribution is 5.91. The highest BCUT2D eigenvalue weighted by Crippen LogP contribution is 2.38. The van der Waals surface area contributed by atoms with Crippen LogP contribution in [0, 0.1) is 5.82 Å². The molecule has 3 N–H and O–H groups in total. The Balaban J connectivity index is 1.36. The molecule has 7 heteroatoms. The quantitative estimate of drug-likeness (QED) is 0.622. The minimum Gasteiger partial charge on any atom is -0.388 e. The Labute approximate surface area is 155 Å². The van der Waals surface area contributed by atoms with E-state index in [1.165, 1.54) is 18.2 Å². The molecule has 1 aromatic heterocycles. The SMILES string of the molecule is O=C(CC(O)c1cccc(F)c1)Nc1ccc(-c2n[nH]c(C3CC3)n2)cc1. The van der Waals surface area contributed by atoms with E-state index in [2.05, 4.69) is 20.5 Å². The summed E-state index contributed by atoms with van der Waals surface area (Å²) in [4.78, 5) is 16.6. The average molecular weight is 366 g/mol. The van der Waals surface area contributed by atoms with E-state index in [4.69, 9.17) is 0 Å². The van der Waals surface area contributed by atoms with Crippen molar-refractivity contribution in [3.8, 4) is 11.4 Å². The largest absolute Gasteiger partial charge is 0.388 e. The maximum atomic E-state index is 13.2. The van der Waals surface area contributed by atoms with Crippen molar-refractivity contribution in [3.05, 3.63) is 65.7 Å². The molecular formula is C20H19FN4O2. The van der Waals surface area contributed by atoms with Gasteiger partial charge in [0.25, 0.3) is 0 Å². The standard InChI is InChI=1S/C20H19FN4O2/c21-15-3-1-2-14(10-15)17(26)11-18(27)22-16-8-6-13(7-9-16)20-23-19(24-25-20)12-4-5-12/h1-3,6-10,12,17,26H,4-5,11H2,(H,22,27)(H,23,24,25). The highest BCUT2D eigenvalue weighted by atomic mass is 19.1. The molecular weight excluding hydrogens is 347 g/mol. The van der Waals surface area contributed by atoms with E-state index in [9.17, 15) is 14.3 Å². The minimum atomic E-state index is -1.06. The van der Waals surface area contributed by atoms with E-state index >= 15 is 0 Å². The summed E-state index contributed by atoms with van der Waals surface area (Å²) < 4.78 is 13.2. The van der Waals surface area contributed by atoms with Crippen molar-refractivity contribution < 1.29 is 14.3 Å². The molecule has 4 rings (SSSR count). The second kappa shape index (κ2) is 7.28. The summed E-state index contributed by atoms with van der Waals surface area (Å²) in [6.45, 7) is 0. The van der Waals surface area contributed by atoms with Gasteiger partial charge in [0.2, 0.25) is 5.91 Å². The van der Waals surface area contributed by atoms with Crippen LogP contribution in [-0.2, 0) is 4.79 Å². The van der Waals surface area contributed by atoms with Crippen LogP contribution in [0.4, 0.5) is 10.1 Å². The smallest absolute Gasteiger partial charge is 0.227 e. The minimum absolute atomic E-state index is 0.156. The fourth-order valence-corrected chi connectivity index (χ4v) is 2.86. The molecule has 1 amide bonds. The van der Waals surface area contributed by atoms with E-state index in [0.29, 0.717) is 23.0 Å². The van der Waals surface area contributed by atoms with Crippen molar-refractivity contribution in [2.45, 2.75) is 31.3 Å². The first-order chi connectivity index (χ1) is 13.1. The highest BCUT2D eigenvalue weighted by Gasteiger charge is 2.27. The number of halogens is 1. The van der Waals surface area contributed by atoms with Crippen molar-refractivity contribution in [1.29, 1.82) is 0 Å². The molecule has 6 nitrogen and oxygen atoms in total. The number of rotatable bonds is 6. The van der Waals surface area contributed by atoms with Crippen molar-refractivity contribution in [2.24, 2.45) is 0 Å². The molecule has 0 bridgehead atoms. The number of aromatic amines is 1. The maximum Gasteiger partial charge on any atom is 0.227 e. The van der Waals surface area contributed by atoms with Gasteiger partial charge in [-0.15, -0.1) is 0 Å². The third-order valence-corrected chi connectivity index (χ3v) is 4.51. The lowest BCUT2D eigenvalue weighted by Crippen LogP contribution is -2.15.